The van der Waals surface area contributed by atoms with E-state index in [1.807, 2.05) is 0 Å². The van der Waals surface area contributed by atoms with Crippen molar-refractivity contribution in [3.8, 4) is 0 Å². The molecule has 0 radical (unpaired) electrons. The van der Waals surface area contributed by atoms with Crippen LogP contribution >= 0.6 is 0 Å². The fourth-order valence-electron chi connectivity index (χ4n) is 4.93. The second-order valence-electron chi connectivity index (χ2n) is 8.61. The predicted molar refractivity (Wildman–Crippen MR) is 104 cm³/mol. The van der Waals surface area contributed by atoms with Crippen molar-refractivity contribution in [2.75, 3.05) is 6.61 Å². The molecule has 1 heterocycles. The first-order chi connectivity index (χ1) is 14.2. The lowest BCUT2D eigenvalue weighted by molar-refractivity contribution is -0.0798. The van der Waals surface area contributed by atoms with Gasteiger partial charge in [-0.3, -0.25) is 0 Å². The van der Waals surface area contributed by atoms with Crippen LogP contribution in [0.2, 0.25) is 0 Å². The average molecular weight is 434 g/mol. The van der Waals surface area contributed by atoms with Crippen molar-refractivity contribution in [2.45, 2.75) is 76.5 Å². The van der Waals surface area contributed by atoms with Crippen molar-refractivity contribution in [3.63, 3.8) is 0 Å². The van der Waals surface area contributed by atoms with Gasteiger partial charge in [-0.05, 0) is 80.4 Å². The molecule has 1 saturated carbocycles. The van der Waals surface area contributed by atoms with Crippen LogP contribution in [-0.4, -0.2) is 18.9 Å². The maximum absolute atomic E-state index is 14.3. The molecule has 0 aromatic heterocycles. The third-order valence-corrected chi connectivity index (χ3v) is 6.47. The maximum Gasteiger partial charge on any atom is 0.412 e. The molecule has 1 saturated heterocycles. The Morgan fingerprint density at radius 2 is 1.67 bits per heavy atom. The van der Waals surface area contributed by atoms with Crippen LogP contribution in [0, 0.1) is 23.5 Å². The minimum Gasteiger partial charge on any atom is -0.378 e. The van der Waals surface area contributed by atoms with Gasteiger partial charge < -0.3 is 4.74 Å². The molecule has 0 amide bonds. The number of halogens is 6. The van der Waals surface area contributed by atoms with Gasteiger partial charge in [0.25, 0.3) is 0 Å². The molecule has 3 rings (SSSR count). The van der Waals surface area contributed by atoms with Crippen molar-refractivity contribution >= 4 is 5.83 Å². The molecular weight excluding hydrogens is 406 g/mol. The Labute approximate surface area is 173 Å². The number of allylic oxidation sites excluding steroid dienone is 1. The Bertz CT molecular complexity index is 718. The van der Waals surface area contributed by atoms with Crippen LogP contribution in [0.1, 0.15) is 75.3 Å². The summed E-state index contributed by atoms with van der Waals surface area (Å²) in [5.41, 5.74) is -0.887. The largest absolute Gasteiger partial charge is 0.412 e. The molecule has 1 aliphatic carbocycles. The van der Waals surface area contributed by atoms with E-state index in [9.17, 15) is 26.3 Å². The number of benzene rings is 1. The molecule has 0 spiro atoms. The first-order valence-corrected chi connectivity index (χ1v) is 10.7. The lowest BCUT2D eigenvalue weighted by atomic mass is 9.75. The quantitative estimate of drug-likeness (QED) is 0.431. The monoisotopic (exact) mass is 434 g/mol. The third kappa shape index (κ3) is 5.80. The molecular formula is C23H28F6O. The molecule has 1 aromatic carbocycles. The van der Waals surface area contributed by atoms with E-state index >= 15 is 0 Å². The second kappa shape index (κ2) is 9.75. The Morgan fingerprint density at radius 3 is 2.17 bits per heavy atom. The van der Waals surface area contributed by atoms with Gasteiger partial charge in [0.1, 0.15) is 17.5 Å². The van der Waals surface area contributed by atoms with Gasteiger partial charge in [-0.2, -0.15) is 13.2 Å². The predicted octanol–water partition coefficient (Wildman–Crippen LogP) is 7.71. The zero-order valence-electron chi connectivity index (χ0n) is 17.1. The van der Waals surface area contributed by atoms with Gasteiger partial charge in [0, 0.05) is 6.61 Å². The maximum atomic E-state index is 14.3. The van der Waals surface area contributed by atoms with Crippen molar-refractivity contribution in [1.29, 1.82) is 0 Å². The summed E-state index contributed by atoms with van der Waals surface area (Å²) < 4.78 is 85.2. The zero-order valence-corrected chi connectivity index (χ0v) is 17.1. The summed E-state index contributed by atoms with van der Waals surface area (Å²) in [4.78, 5) is 0. The summed E-state index contributed by atoms with van der Waals surface area (Å²) in [6.45, 7) is 2.97. The number of ether oxygens (including phenoxy) is 1. The van der Waals surface area contributed by atoms with Gasteiger partial charge in [-0.25, -0.2) is 13.2 Å². The highest BCUT2D eigenvalue weighted by atomic mass is 19.4. The van der Waals surface area contributed by atoms with Gasteiger partial charge in [0.15, 0.2) is 0 Å². The number of alkyl halides is 3. The fraction of sp³-hybridized carbons (Fsp3) is 0.652. The summed E-state index contributed by atoms with van der Waals surface area (Å²) in [5, 5.41) is 0. The number of hydrogen-bond acceptors (Lipinski definition) is 1. The van der Waals surface area contributed by atoms with E-state index in [-0.39, 0.29) is 12.0 Å². The number of hydrogen-bond donors (Lipinski definition) is 0. The summed E-state index contributed by atoms with van der Waals surface area (Å²) in [6, 6.07) is 1.94. The topological polar surface area (TPSA) is 9.23 Å². The molecule has 1 aliphatic heterocycles. The Balaban J connectivity index is 1.62. The first-order valence-electron chi connectivity index (χ1n) is 10.7. The first kappa shape index (κ1) is 23.2. The Morgan fingerprint density at radius 1 is 1.03 bits per heavy atom. The summed E-state index contributed by atoms with van der Waals surface area (Å²) >= 11 is 0. The van der Waals surface area contributed by atoms with Crippen LogP contribution < -0.4 is 0 Å². The minimum absolute atomic E-state index is 0.0922. The van der Waals surface area contributed by atoms with Crippen molar-refractivity contribution in [2.24, 2.45) is 11.8 Å². The van der Waals surface area contributed by atoms with E-state index in [2.05, 4.69) is 6.92 Å². The molecule has 0 N–H and O–H groups in total. The molecule has 168 valence electrons. The molecule has 0 bridgehead atoms. The summed E-state index contributed by atoms with van der Waals surface area (Å²) in [7, 11) is 0. The standard InChI is InChI=1S/C23H28F6O/c1-2-3-14-4-9-21(30-13-14)16-7-5-15(6-8-16)17-10-18(24)22(19(25)11-17)20(26)12-23(27,28)29/h10-12,14-16,21H,2-9,13H2,1H3/b20-12-. The van der Waals surface area contributed by atoms with E-state index in [1.165, 1.54) is 12.8 Å². The molecule has 2 unspecified atom stereocenters. The normalized spacial score (nSPS) is 28.6. The van der Waals surface area contributed by atoms with E-state index in [0.717, 1.165) is 57.3 Å². The highest BCUT2D eigenvalue weighted by Gasteiger charge is 2.33. The van der Waals surface area contributed by atoms with E-state index in [4.69, 9.17) is 4.74 Å². The minimum atomic E-state index is -4.99. The van der Waals surface area contributed by atoms with E-state index < -0.39 is 35.3 Å². The molecule has 7 heteroatoms. The highest BCUT2D eigenvalue weighted by Crippen LogP contribution is 2.41. The lowest BCUT2D eigenvalue weighted by Crippen LogP contribution is -2.34. The Kier molecular flexibility index (Phi) is 7.53. The molecule has 30 heavy (non-hydrogen) atoms. The zero-order chi connectivity index (χ0) is 21.9. The highest BCUT2D eigenvalue weighted by molar-refractivity contribution is 5.61. The van der Waals surface area contributed by atoms with Gasteiger partial charge in [0.2, 0.25) is 0 Å². The second-order valence-corrected chi connectivity index (χ2v) is 8.61. The van der Waals surface area contributed by atoms with Crippen LogP contribution in [0.25, 0.3) is 5.83 Å². The fourth-order valence-corrected chi connectivity index (χ4v) is 4.93. The van der Waals surface area contributed by atoms with E-state index in [0.29, 0.717) is 17.4 Å². The molecule has 2 aliphatic rings. The van der Waals surface area contributed by atoms with Crippen molar-refractivity contribution < 1.29 is 31.1 Å². The number of rotatable bonds is 5. The van der Waals surface area contributed by atoms with Gasteiger partial charge in [-0.1, -0.05) is 13.3 Å². The third-order valence-electron chi connectivity index (χ3n) is 6.47. The van der Waals surface area contributed by atoms with Gasteiger partial charge in [-0.15, -0.1) is 0 Å². The van der Waals surface area contributed by atoms with Gasteiger partial charge in [0.05, 0.1) is 17.7 Å². The SMILES string of the molecule is CCCC1CCC(C2CCC(c3cc(F)c(/C(F)=C/C(F)(F)F)c(F)c3)CC2)OC1. The Hall–Kier alpha value is -1.50. The average Bonchev–Trinajstić information content (AvgIpc) is 2.67. The van der Waals surface area contributed by atoms with Crippen LogP contribution in [0.3, 0.4) is 0 Å². The lowest BCUT2D eigenvalue weighted by Gasteiger charge is -2.38. The van der Waals surface area contributed by atoms with Crippen molar-refractivity contribution in [3.05, 3.63) is 41.0 Å². The molecule has 1 nitrogen and oxygen atoms in total. The summed E-state index contributed by atoms with van der Waals surface area (Å²) in [6.07, 6.45) is 2.28. The van der Waals surface area contributed by atoms with E-state index in [1.54, 1.807) is 0 Å². The van der Waals surface area contributed by atoms with Gasteiger partial charge >= 0.3 is 6.18 Å². The van der Waals surface area contributed by atoms with Crippen LogP contribution in [0.15, 0.2) is 18.2 Å². The molecule has 2 atom stereocenters. The van der Waals surface area contributed by atoms with Crippen LogP contribution in [0.4, 0.5) is 26.3 Å². The van der Waals surface area contributed by atoms with Crippen LogP contribution in [0.5, 0.6) is 0 Å². The van der Waals surface area contributed by atoms with Crippen molar-refractivity contribution in [1.82, 2.24) is 0 Å². The smallest absolute Gasteiger partial charge is 0.378 e. The molecule has 2 fully saturated rings. The van der Waals surface area contributed by atoms with Crippen LogP contribution in [-0.2, 0) is 4.74 Å². The summed E-state index contributed by atoms with van der Waals surface area (Å²) in [5.74, 6) is -3.59. The molecule has 1 aromatic rings.